The third-order valence-corrected chi connectivity index (χ3v) is 5.18. The lowest BCUT2D eigenvalue weighted by molar-refractivity contribution is 0.0604. The number of fused-ring (bicyclic) bond motifs is 1. The highest BCUT2D eigenvalue weighted by molar-refractivity contribution is 7.23. The number of rotatable bonds is 7. The van der Waals surface area contributed by atoms with Crippen LogP contribution >= 0.6 is 11.3 Å². The molecular weight excluding hydrogens is 362 g/mol. The summed E-state index contributed by atoms with van der Waals surface area (Å²) in [6.45, 7) is 2.76. The topological polar surface area (TPSA) is 64.6 Å². The number of thiophene rings is 1. The van der Waals surface area contributed by atoms with E-state index in [1.807, 2.05) is 24.3 Å². The summed E-state index contributed by atoms with van der Waals surface area (Å²) < 4.78 is 11.4. The smallest absolute Gasteiger partial charge is 0.341 e. The largest absolute Gasteiger partial charge is 0.494 e. The molecule has 0 aliphatic heterocycles. The standard InChI is InChI=1S/C21H21NO4S/c1-3-4-13-26-15-11-9-14(10-12-15)19(23)22-20-18(21(24)25-2)16-7-5-6-8-17(16)27-20/h5-12H,3-4,13H2,1-2H3,(H,22,23). The molecule has 140 valence electrons. The van der Waals surface area contributed by atoms with Crippen LogP contribution in [-0.2, 0) is 4.74 Å². The zero-order valence-corrected chi connectivity index (χ0v) is 16.1. The zero-order chi connectivity index (χ0) is 19.2. The fraction of sp³-hybridized carbons (Fsp3) is 0.238. The molecule has 0 saturated carbocycles. The molecule has 1 aromatic heterocycles. The monoisotopic (exact) mass is 383 g/mol. The van der Waals surface area contributed by atoms with Crippen molar-refractivity contribution in [2.24, 2.45) is 0 Å². The molecule has 0 atom stereocenters. The third kappa shape index (κ3) is 4.28. The maximum absolute atomic E-state index is 12.6. The van der Waals surface area contributed by atoms with E-state index in [9.17, 15) is 9.59 Å². The van der Waals surface area contributed by atoms with Gasteiger partial charge in [-0.1, -0.05) is 31.5 Å². The Bertz CT molecular complexity index is 946. The van der Waals surface area contributed by atoms with Gasteiger partial charge in [0.25, 0.3) is 5.91 Å². The second-order valence-corrected chi connectivity index (χ2v) is 7.03. The van der Waals surface area contributed by atoms with Crippen molar-refractivity contribution in [2.75, 3.05) is 19.0 Å². The van der Waals surface area contributed by atoms with Gasteiger partial charge in [0.2, 0.25) is 0 Å². The molecule has 0 aliphatic rings. The number of anilines is 1. The van der Waals surface area contributed by atoms with Crippen molar-refractivity contribution in [1.29, 1.82) is 0 Å². The van der Waals surface area contributed by atoms with Crippen LogP contribution in [0.15, 0.2) is 48.5 Å². The summed E-state index contributed by atoms with van der Waals surface area (Å²) in [5.41, 5.74) is 0.872. The van der Waals surface area contributed by atoms with Crippen molar-refractivity contribution in [3.05, 3.63) is 59.7 Å². The van der Waals surface area contributed by atoms with Gasteiger partial charge >= 0.3 is 5.97 Å². The van der Waals surface area contributed by atoms with Gasteiger partial charge in [-0.05, 0) is 36.8 Å². The van der Waals surface area contributed by atoms with Crippen molar-refractivity contribution in [2.45, 2.75) is 19.8 Å². The predicted molar refractivity (Wildman–Crippen MR) is 108 cm³/mol. The van der Waals surface area contributed by atoms with E-state index < -0.39 is 5.97 Å². The molecule has 0 unspecified atom stereocenters. The number of nitrogens with one attached hydrogen (secondary N) is 1. The molecule has 6 heteroatoms. The molecule has 0 bridgehead atoms. The number of benzene rings is 2. The van der Waals surface area contributed by atoms with Crippen LogP contribution in [-0.4, -0.2) is 25.6 Å². The lowest BCUT2D eigenvalue weighted by atomic mass is 10.1. The number of amides is 1. The van der Waals surface area contributed by atoms with Crippen molar-refractivity contribution >= 4 is 38.3 Å². The van der Waals surface area contributed by atoms with Crippen molar-refractivity contribution in [3.8, 4) is 5.75 Å². The minimum atomic E-state index is -0.470. The second kappa shape index (κ2) is 8.68. The van der Waals surface area contributed by atoms with Gasteiger partial charge in [-0.3, -0.25) is 4.79 Å². The van der Waals surface area contributed by atoms with Crippen LogP contribution in [0.25, 0.3) is 10.1 Å². The summed E-state index contributed by atoms with van der Waals surface area (Å²) >= 11 is 1.35. The van der Waals surface area contributed by atoms with Crippen molar-refractivity contribution < 1.29 is 19.1 Å². The first kappa shape index (κ1) is 18.9. The molecule has 1 heterocycles. The number of hydrogen-bond acceptors (Lipinski definition) is 5. The minimum absolute atomic E-state index is 0.285. The van der Waals surface area contributed by atoms with Gasteiger partial charge in [-0.2, -0.15) is 0 Å². The summed E-state index contributed by atoms with van der Waals surface area (Å²) in [4.78, 5) is 24.8. The second-order valence-electron chi connectivity index (χ2n) is 5.97. The average Bonchev–Trinajstić information content (AvgIpc) is 3.06. The van der Waals surface area contributed by atoms with Gasteiger partial charge in [0.1, 0.15) is 16.3 Å². The molecule has 3 rings (SSSR count). The van der Waals surface area contributed by atoms with Crippen LogP contribution in [0.5, 0.6) is 5.75 Å². The Morgan fingerprint density at radius 1 is 1.07 bits per heavy atom. The van der Waals surface area contributed by atoms with E-state index in [1.54, 1.807) is 24.3 Å². The molecule has 2 aromatic carbocycles. The Hall–Kier alpha value is -2.86. The van der Waals surface area contributed by atoms with E-state index in [1.165, 1.54) is 18.4 Å². The molecule has 0 fully saturated rings. The van der Waals surface area contributed by atoms with Gasteiger partial charge in [-0.25, -0.2) is 4.79 Å². The van der Waals surface area contributed by atoms with E-state index >= 15 is 0 Å². The summed E-state index contributed by atoms with van der Waals surface area (Å²) in [5.74, 6) is -0.0219. The number of methoxy groups -OCH3 is 1. The Morgan fingerprint density at radius 2 is 1.81 bits per heavy atom. The van der Waals surface area contributed by atoms with Gasteiger partial charge in [0.05, 0.1) is 13.7 Å². The Labute approximate surface area is 161 Å². The van der Waals surface area contributed by atoms with E-state index in [4.69, 9.17) is 9.47 Å². The molecule has 0 aliphatic carbocycles. The van der Waals surface area contributed by atoms with Gasteiger partial charge in [0, 0.05) is 15.6 Å². The normalized spacial score (nSPS) is 10.6. The Morgan fingerprint density at radius 3 is 2.52 bits per heavy atom. The Balaban J connectivity index is 1.80. The van der Waals surface area contributed by atoms with Crippen molar-refractivity contribution in [3.63, 3.8) is 0 Å². The molecule has 5 nitrogen and oxygen atoms in total. The van der Waals surface area contributed by atoms with Crippen LogP contribution in [0.1, 0.15) is 40.5 Å². The quantitative estimate of drug-likeness (QED) is 0.454. The van der Waals surface area contributed by atoms with E-state index in [-0.39, 0.29) is 5.91 Å². The fourth-order valence-electron chi connectivity index (χ4n) is 2.65. The van der Waals surface area contributed by atoms with Gasteiger partial charge in [0.15, 0.2) is 0 Å². The molecular formula is C21H21NO4S. The number of ether oxygens (including phenoxy) is 2. The molecule has 1 N–H and O–H groups in total. The summed E-state index contributed by atoms with van der Waals surface area (Å²) in [6.07, 6.45) is 2.06. The van der Waals surface area contributed by atoms with Crippen LogP contribution in [0.4, 0.5) is 5.00 Å². The first-order valence-corrected chi connectivity index (χ1v) is 9.59. The molecule has 3 aromatic rings. The van der Waals surface area contributed by atoms with Crippen molar-refractivity contribution in [1.82, 2.24) is 0 Å². The highest BCUT2D eigenvalue weighted by Crippen LogP contribution is 2.36. The van der Waals surface area contributed by atoms with Gasteiger partial charge in [-0.15, -0.1) is 11.3 Å². The van der Waals surface area contributed by atoms with E-state index in [0.29, 0.717) is 22.7 Å². The van der Waals surface area contributed by atoms with E-state index in [2.05, 4.69) is 12.2 Å². The summed E-state index contributed by atoms with van der Waals surface area (Å²) in [5, 5.41) is 4.09. The highest BCUT2D eigenvalue weighted by Gasteiger charge is 2.21. The lowest BCUT2D eigenvalue weighted by Crippen LogP contribution is -2.13. The zero-order valence-electron chi connectivity index (χ0n) is 15.3. The fourth-order valence-corrected chi connectivity index (χ4v) is 3.74. The number of carbonyl (C=O) groups excluding carboxylic acids is 2. The molecule has 0 radical (unpaired) electrons. The highest BCUT2D eigenvalue weighted by atomic mass is 32.1. The Kier molecular flexibility index (Phi) is 6.08. The lowest BCUT2D eigenvalue weighted by Gasteiger charge is -2.08. The first-order valence-electron chi connectivity index (χ1n) is 8.78. The predicted octanol–water partition coefficient (Wildman–Crippen LogP) is 5.12. The number of carbonyl (C=O) groups is 2. The summed E-state index contributed by atoms with van der Waals surface area (Å²) in [7, 11) is 1.33. The maximum atomic E-state index is 12.6. The number of hydrogen-bond donors (Lipinski definition) is 1. The molecule has 1 amide bonds. The first-order chi connectivity index (χ1) is 13.1. The maximum Gasteiger partial charge on any atom is 0.341 e. The molecule has 0 saturated heterocycles. The average molecular weight is 383 g/mol. The minimum Gasteiger partial charge on any atom is -0.494 e. The van der Waals surface area contributed by atoms with E-state index in [0.717, 1.165) is 28.7 Å². The summed E-state index contributed by atoms with van der Waals surface area (Å²) in [6, 6.07) is 14.5. The molecule has 27 heavy (non-hydrogen) atoms. The van der Waals surface area contributed by atoms with Crippen LogP contribution < -0.4 is 10.1 Å². The van der Waals surface area contributed by atoms with Crippen LogP contribution in [0.2, 0.25) is 0 Å². The SMILES string of the molecule is CCCCOc1ccc(C(=O)Nc2sc3ccccc3c2C(=O)OC)cc1. The van der Waals surface area contributed by atoms with Gasteiger partial charge < -0.3 is 14.8 Å². The van der Waals surface area contributed by atoms with Crippen LogP contribution in [0, 0.1) is 0 Å². The molecule has 0 spiro atoms. The number of unbranched alkanes of at least 4 members (excludes halogenated alkanes) is 1. The van der Waals surface area contributed by atoms with Crippen LogP contribution in [0.3, 0.4) is 0 Å². The number of esters is 1. The third-order valence-electron chi connectivity index (χ3n) is 4.10.